The van der Waals surface area contributed by atoms with E-state index >= 15 is 0 Å². The van der Waals surface area contributed by atoms with Crippen LogP contribution in [0.1, 0.15) is 51.8 Å². The van der Waals surface area contributed by atoms with Crippen LogP contribution in [0, 0.1) is 0 Å². The average Bonchev–Trinajstić information content (AvgIpc) is 2.79. The minimum Gasteiger partial charge on any atom is -0.379 e. The molecule has 1 rings (SSSR count). The second-order valence-corrected chi connectivity index (χ2v) is 4.11. The number of unbranched alkanes of at least 4 members (excludes halogenated alkanes) is 2. The fourth-order valence-corrected chi connectivity index (χ4v) is 1.53. The highest BCUT2D eigenvalue weighted by atomic mass is 16.5. The van der Waals surface area contributed by atoms with Gasteiger partial charge >= 0.3 is 0 Å². The highest BCUT2D eigenvalue weighted by molar-refractivity contribution is 4.74. The Morgan fingerprint density at radius 1 is 1.31 bits per heavy atom. The van der Waals surface area contributed by atoms with E-state index in [1.54, 1.807) is 0 Å². The Balaban J connectivity index is 1.91. The Morgan fingerprint density at radius 2 is 2.19 bits per heavy atom. The molecule has 0 fully saturated rings. The zero-order valence-electron chi connectivity index (χ0n) is 10.3. The molecule has 0 saturated carbocycles. The summed E-state index contributed by atoms with van der Waals surface area (Å²) in [5.74, 6) is 0.791. The summed E-state index contributed by atoms with van der Waals surface area (Å²) in [4.78, 5) is 0. The number of aromatic amines is 1. The van der Waals surface area contributed by atoms with Gasteiger partial charge in [-0.3, -0.25) is 0 Å². The molecule has 5 heteroatoms. The standard InChI is InChI=1S/C11H22N4O/c1-3-4-7-10(2)16-9-6-5-8-11-12-14-15-13-11/h10H,3-9H2,1-2H3,(H,12,13,14,15). The minimum atomic E-state index is 0.394. The molecule has 0 radical (unpaired) electrons. The number of aryl methyl sites for hydroxylation is 1. The fraction of sp³-hybridized carbons (Fsp3) is 0.909. The lowest BCUT2D eigenvalue weighted by molar-refractivity contribution is 0.0563. The largest absolute Gasteiger partial charge is 0.379 e. The molecule has 1 unspecified atom stereocenters. The van der Waals surface area contributed by atoms with Crippen molar-refractivity contribution in [3.8, 4) is 0 Å². The van der Waals surface area contributed by atoms with E-state index in [0.717, 1.165) is 31.7 Å². The second-order valence-electron chi connectivity index (χ2n) is 4.11. The van der Waals surface area contributed by atoms with Crippen molar-refractivity contribution in [1.29, 1.82) is 0 Å². The van der Waals surface area contributed by atoms with Crippen LogP contribution in [0.25, 0.3) is 0 Å². The maximum atomic E-state index is 5.70. The van der Waals surface area contributed by atoms with Gasteiger partial charge in [-0.2, -0.15) is 5.21 Å². The van der Waals surface area contributed by atoms with E-state index in [1.807, 2.05) is 0 Å². The number of nitrogens with one attached hydrogen (secondary N) is 1. The lowest BCUT2D eigenvalue weighted by Crippen LogP contribution is -2.09. The maximum Gasteiger partial charge on any atom is 0.174 e. The molecule has 92 valence electrons. The molecule has 1 N–H and O–H groups in total. The number of ether oxygens (including phenoxy) is 1. The van der Waals surface area contributed by atoms with Crippen LogP contribution in [0.2, 0.25) is 0 Å². The molecule has 0 saturated heterocycles. The van der Waals surface area contributed by atoms with Crippen LogP contribution < -0.4 is 0 Å². The molecule has 0 amide bonds. The van der Waals surface area contributed by atoms with E-state index < -0.39 is 0 Å². The number of H-pyrrole nitrogens is 1. The quantitative estimate of drug-likeness (QED) is 0.655. The van der Waals surface area contributed by atoms with E-state index in [-0.39, 0.29) is 0 Å². The first kappa shape index (κ1) is 13.1. The van der Waals surface area contributed by atoms with Gasteiger partial charge in [0, 0.05) is 13.0 Å². The summed E-state index contributed by atoms with van der Waals surface area (Å²) >= 11 is 0. The SMILES string of the molecule is CCCCC(C)OCCCCc1nn[nH]n1. The Morgan fingerprint density at radius 3 is 2.88 bits per heavy atom. The second kappa shape index (κ2) is 8.21. The topological polar surface area (TPSA) is 63.7 Å². The first-order valence-corrected chi connectivity index (χ1v) is 6.17. The van der Waals surface area contributed by atoms with Crippen LogP contribution in [-0.4, -0.2) is 33.3 Å². The molecule has 0 bridgehead atoms. The van der Waals surface area contributed by atoms with Crippen molar-refractivity contribution in [3.05, 3.63) is 5.82 Å². The molecule has 1 atom stereocenters. The highest BCUT2D eigenvalue weighted by Gasteiger charge is 2.01. The molecular weight excluding hydrogens is 204 g/mol. The zero-order valence-corrected chi connectivity index (χ0v) is 10.3. The van der Waals surface area contributed by atoms with Crippen LogP contribution >= 0.6 is 0 Å². The van der Waals surface area contributed by atoms with Crippen molar-refractivity contribution < 1.29 is 4.74 Å². The van der Waals surface area contributed by atoms with Crippen LogP contribution in [0.15, 0.2) is 0 Å². The molecule has 0 spiro atoms. The summed E-state index contributed by atoms with van der Waals surface area (Å²) in [5.41, 5.74) is 0. The summed E-state index contributed by atoms with van der Waals surface area (Å²) in [7, 11) is 0. The third-order valence-electron chi connectivity index (χ3n) is 2.55. The summed E-state index contributed by atoms with van der Waals surface area (Å²) < 4.78 is 5.70. The highest BCUT2D eigenvalue weighted by Crippen LogP contribution is 2.05. The van der Waals surface area contributed by atoms with Crippen molar-refractivity contribution in [1.82, 2.24) is 20.6 Å². The lowest BCUT2D eigenvalue weighted by Gasteiger charge is -2.11. The number of tetrazole rings is 1. The first-order valence-electron chi connectivity index (χ1n) is 6.17. The number of hydrogen-bond acceptors (Lipinski definition) is 4. The molecule has 0 aliphatic heterocycles. The van der Waals surface area contributed by atoms with Gasteiger partial charge in [-0.15, -0.1) is 10.2 Å². The van der Waals surface area contributed by atoms with Crippen molar-refractivity contribution in [2.75, 3.05) is 6.61 Å². The van der Waals surface area contributed by atoms with E-state index in [0.29, 0.717) is 6.10 Å². The molecule has 5 nitrogen and oxygen atoms in total. The molecule has 0 aliphatic carbocycles. The molecular formula is C11H22N4O. The van der Waals surface area contributed by atoms with E-state index in [2.05, 4.69) is 34.5 Å². The predicted octanol–water partition coefficient (Wildman–Crippen LogP) is 2.12. The Hall–Kier alpha value is -0.970. The summed E-state index contributed by atoms with van der Waals surface area (Å²) in [5, 5.41) is 13.8. The number of aromatic nitrogens is 4. The van der Waals surface area contributed by atoms with Crippen LogP contribution in [0.3, 0.4) is 0 Å². The number of hydrogen-bond donors (Lipinski definition) is 1. The van der Waals surface area contributed by atoms with Crippen LogP contribution in [-0.2, 0) is 11.2 Å². The number of rotatable bonds is 9. The van der Waals surface area contributed by atoms with Gasteiger partial charge in [0.1, 0.15) is 0 Å². The molecule has 1 aromatic rings. The summed E-state index contributed by atoms with van der Waals surface area (Å²) in [6.07, 6.45) is 7.05. The van der Waals surface area contributed by atoms with Gasteiger partial charge in [-0.1, -0.05) is 25.0 Å². The normalized spacial score (nSPS) is 12.9. The molecule has 1 aromatic heterocycles. The van der Waals surface area contributed by atoms with Gasteiger partial charge in [0.2, 0.25) is 0 Å². The fourth-order valence-electron chi connectivity index (χ4n) is 1.53. The van der Waals surface area contributed by atoms with E-state index in [4.69, 9.17) is 4.74 Å². The third kappa shape index (κ3) is 5.80. The maximum absolute atomic E-state index is 5.70. The van der Waals surface area contributed by atoms with Gasteiger partial charge in [-0.25, -0.2) is 0 Å². The molecule has 0 aromatic carbocycles. The Labute approximate surface area is 97.0 Å². The van der Waals surface area contributed by atoms with Crippen molar-refractivity contribution in [3.63, 3.8) is 0 Å². The Bertz CT molecular complexity index is 250. The molecule has 16 heavy (non-hydrogen) atoms. The van der Waals surface area contributed by atoms with Crippen molar-refractivity contribution in [2.24, 2.45) is 0 Å². The van der Waals surface area contributed by atoms with Gasteiger partial charge in [0.05, 0.1) is 6.10 Å². The predicted molar refractivity (Wildman–Crippen MR) is 62.1 cm³/mol. The summed E-state index contributed by atoms with van der Waals surface area (Å²) in [6.45, 7) is 5.19. The first-order chi connectivity index (χ1) is 7.83. The molecule has 1 heterocycles. The lowest BCUT2D eigenvalue weighted by atomic mass is 10.2. The van der Waals surface area contributed by atoms with Crippen LogP contribution in [0.4, 0.5) is 0 Å². The van der Waals surface area contributed by atoms with E-state index in [1.165, 1.54) is 19.3 Å². The Kier molecular flexibility index (Phi) is 6.72. The van der Waals surface area contributed by atoms with Gasteiger partial charge in [0.15, 0.2) is 5.82 Å². The monoisotopic (exact) mass is 226 g/mol. The average molecular weight is 226 g/mol. The number of nitrogens with zero attached hydrogens (tertiary/aromatic N) is 3. The van der Waals surface area contributed by atoms with Crippen LogP contribution in [0.5, 0.6) is 0 Å². The third-order valence-corrected chi connectivity index (χ3v) is 2.55. The minimum absolute atomic E-state index is 0.394. The molecule has 0 aliphatic rings. The van der Waals surface area contributed by atoms with Crippen molar-refractivity contribution in [2.45, 2.75) is 58.5 Å². The van der Waals surface area contributed by atoms with Gasteiger partial charge in [0.25, 0.3) is 0 Å². The van der Waals surface area contributed by atoms with Crippen molar-refractivity contribution >= 4 is 0 Å². The smallest absolute Gasteiger partial charge is 0.174 e. The van der Waals surface area contributed by atoms with E-state index in [9.17, 15) is 0 Å². The van der Waals surface area contributed by atoms with Gasteiger partial charge in [-0.05, 0) is 26.2 Å². The zero-order chi connectivity index (χ0) is 11.6. The van der Waals surface area contributed by atoms with Gasteiger partial charge < -0.3 is 4.74 Å². The summed E-state index contributed by atoms with van der Waals surface area (Å²) in [6, 6.07) is 0.